The summed E-state index contributed by atoms with van der Waals surface area (Å²) < 4.78 is 6.03. The van der Waals surface area contributed by atoms with E-state index in [1.807, 2.05) is 18.2 Å². The van der Waals surface area contributed by atoms with Gasteiger partial charge in [-0.25, -0.2) is 0 Å². The zero-order valence-corrected chi connectivity index (χ0v) is 12.5. The quantitative estimate of drug-likeness (QED) is 0.757. The van der Waals surface area contributed by atoms with Gasteiger partial charge in [0.15, 0.2) is 0 Å². The number of hydrogen-bond acceptors (Lipinski definition) is 2. The maximum absolute atomic E-state index is 6.22. The Morgan fingerprint density at radius 1 is 1.26 bits per heavy atom. The van der Waals surface area contributed by atoms with Crippen molar-refractivity contribution in [3.8, 4) is 5.75 Å². The molecule has 1 aromatic rings. The predicted molar refractivity (Wildman–Crippen MR) is 80.8 cm³/mol. The van der Waals surface area contributed by atoms with Gasteiger partial charge in [0, 0.05) is 23.0 Å². The van der Waals surface area contributed by atoms with E-state index in [-0.39, 0.29) is 12.1 Å². The number of hydrogen-bond donors (Lipinski definition) is 1. The Balaban J connectivity index is 1.85. The zero-order chi connectivity index (χ0) is 13.7. The summed E-state index contributed by atoms with van der Waals surface area (Å²) in [5.74, 6) is 0.918. The third-order valence-corrected chi connectivity index (χ3v) is 4.05. The molecule has 0 radical (unpaired) electrons. The molecule has 0 aliphatic carbocycles. The minimum atomic E-state index is 0.0584. The molecule has 19 heavy (non-hydrogen) atoms. The molecule has 1 aromatic carbocycles. The van der Waals surface area contributed by atoms with Crippen molar-refractivity contribution in [3.63, 3.8) is 0 Å². The van der Waals surface area contributed by atoms with Crippen LogP contribution in [0.5, 0.6) is 5.75 Å². The first kappa shape index (κ1) is 14.7. The fourth-order valence-electron chi connectivity index (χ4n) is 2.71. The summed E-state index contributed by atoms with van der Waals surface area (Å²) in [6.45, 7) is 2.24. The van der Waals surface area contributed by atoms with E-state index in [1.54, 1.807) is 0 Å². The van der Waals surface area contributed by atoms with Crippen molar-refractivity contribution in [1.82, 2.24) is 0 Å². The molecule has 2 nitrogen and oxygen atoms in total. The van der Waals surface area contributed by atoms with E-state index >= 15 is 0 Å². The smallest absolute Gasteiger partial charge is 0.124 e. The molecular weight excluding hydrogens is 258 g/mol. The maximum atomic E-state index is 6.22. The largest absolute Gasteiger partial charge is 0.490 e. The molecule has 2 atom stereocenters. The van der Waals surface area contributed by atoms with Crippen molar-refractivity contribution in [2.75, 3.05) is 0 Å². The Labute approximate surface area is 121 Å². The van der Waals surface area contributed by atoms with Crippen LogP contribution in [0.15, 0.2) is 18.2 Å². The Morgan fingerprint density at radius 3 is 2.84 bits per heavy atom. The van der Waals surface area contributed by atoms with Crippen LogP contribution in [0.3, 0.4) is 0 Å². The van der Waals surface area contributed by atoms with Gasteiger partial charge < -0.3 is 10.5 Å². The molecule has 0 fully saturated rings. The van der Waals surface area contributed by atoms with Crippen molar-refractivity contribution >= 4 is 11.6 Å². The van der Waals surface area contributed by atoms with Gasteiger partial charge in [-0.05, 0) is 31.0 Å². The lowest BCUT2D eigenvalue weighted by Crippen LogP contribution is -2.29. The van der Waals surface area contributed by atoms with Gasteiger partial charge in [0.1, 0.15) is 11.9 Å². The van der Waals surface area contributed by atoms with Crippen LogP contribution in [0.2, 0.25) is 5.02 Å². The second kappa shape index (κ2) is 7.16. The monoisotopic (exact) mass is 281 g/mol. The molecule has 2 rings (SSSR count). The van der Waals surface area contributed by atoms with Crippen LogP contribution in [-0.2, 0) is 0 Å². The van der Waals surface area contributed by atoms with E-state index in [9.17, 15) is 0 Å². The van der Waals surface area contributed by atoms with Crippen molar-refractivity contribution in [1.29, 1.82) is 0 Å². The Morgan fingerprint density at radius 2 is 2.05 bits per heavy atom. The Bertz CT molecular complexity index is 408. The minimum absolute atomic E-state index is 0.0584. The number of unbranched alkanes of at least 4 members (excludes halogenated alkanes) is 4. The number of halogens is 1. The van der Waals surface area contributed by atoms with Crippen LogP contribution >= 0.6 is 11.6 Å². The second-order valence-corrected chi connectivity index (χ2v) is 5.90. The number of nitrogens with two attached hydrogens (primary N) is 1. The topological polar surface area (TPSA) is 35.2 Å². The summed E-state index contributed by atoms with van der Waals surface area (Å²) in [5, 5.41) is 0.732. The highest BCUT2D eigenvalue weighted by atomic mass is 35.5. The first-order chi connectivity index (χ1) is 9.20. The van der Waals surface area contributed by atoms with E-state index < -0.39 is 0 Å². The molecule has 0 bridgehead atoms. The molecule has 0 saturated carbocycles. The van der Waals surface area contributed by atoms with Gasteiger partial charge in [-0.3, -0.25) is 0 Å². The van der Waals surface area contributed by atoms with Crippen LogP contribution in [0, 0.1) is 0 Å². The lowest BCUT2D eigenvalue weighted by molar-refractivity contribution is 0.146. The summed E-state index contributed by atoms with van der Waals surface area (Å²) in [7, 11) is 0. The first-order valence-electron chi connectivity index (χ1n) is 7.42. The zero-order valence-electron chi connectivity index (χ0n) is 11.7. The maximum Gasteiger partial charge on any atom is 0.124 e. The molecule has 1 aliphatic heterocycles. The van der Waals surface area contributed by atoms with Crippen molar-refractivity contribution in [2.45, 2.75) is 64.0 Å². The molecule has 0 amide bonds. The molecule has 1 heterocycles. The molecule has 1 unspecified atom stereocenters. The Hall–Kier alpha value is -0.730. The molecule has 2 N–H and O–H groups in total. The van der Waals surface area contributed by atoms with Crippen LogP contribution in [0.25, 0.3) is 0 Å². The van der Waals surface area contributed by atoms with Crippen molar-refractivity contribution in [2.24, 2.45) is 5.73 Å². The second-order valence-electron chi connectivity index (χ2n) is 5.47. The number of fused-ring (bicyclic) bond motifs is 1. The highest BCUT2D eigenvalue weighted by molar-refractivity contribution is 6.30. The molecule has 106 valence electrons. The lowest BCUT2D eigenvalue weighted by atomic mass is 9.94. The Kier molecular flexibility index (Phi) is 5.53. The molecule has 1 aliphatic rings. The molecular formula is C16H24ClNO. The molecule has 0 saturated heterocycles. The third-order valence-electron chi connectivity index (χ3n) is 3.81. The summed E-state index contributed by atoms with van der Waals surface area (Å²) in [6, 6.07) is 5.80. The number of rotatable bonds is 6. The van der Waals surface area contributed by atoms with Crippen LogP contribution in [0.4, 0.5) is 0 Å². The fraction of sp³-hybridized carbons (Fsp3) is 0.625. The summed E-state index contributed by atoms with van der Waals surface area (Å²) in [5.41, 5.74) is 7.27. The standard InChI is InChI=1S/C16H24ClNO/c1-2-3-4-5-6-7-13-11-15(18)14-10-12(17)8-9-16(14)19-13/h8-10,13,15H,2-7,11,18H2,1H3/t13?,15-/m1/s1. The van der Waals surface area contributed by atoms with E-state index in [1.165, 1.54) is 32.1 Å². The highest BCUT2D eigenvalue weighted by Gasteiger charge is 2.25. The molecule has 3 heteroatoms. The SMILES string of the molecule is CCCCCCCC1C[C@@H](N)c2cc(Cl)ccc2O1. The summed E-state index contributed by atoms with van der Waals surface area (Å²) in [6.07, 6.45) is 8.79. The van der Waals surface area contributed by atoms with Crippen molar-refractivity contribution < 1.29 is 4.74 Å². The average molecular weight is 282 g/mol. The van der Waals surface area contributed by atoms with Gasteiger partial charge in [0.2, 0.25) is 0 Å². The number of ether oxygens (including phenoxy) is 1. The highest BCUT2D eigenvalue weighted by Crippen LogP contribution is 2.36. The van der Waals surface area contributed by atoms with E-state index in [4.69, 9.17) is 22.1 Å². The van der Waals surface area contributed by atoms with Crippen LogP contribution in [-0.4, -0.2) is 6.10 Å². The predicted octanol–water partition coefficient (Wildman–Crippen LogP) is 4.85. The van der Waals surface area contributed by atoms with Crippen LogP contribution in [0.1, 0.15) is 63.5 Å². The van der Waals surface area contributed by atoms with Gasteiger partial charge in [-0.2, -0.15) is 0 Å². The van der Waals surface area contributed by atoms with Gasteiger partial charge in [0.25, 0.3) is 0 Å². The van der Waals surface area contributed by atoms with E-state index in [0.29, 0.717) is 0 Å². The van der Waals surface area contributed by atoms with Gasteiger partial charge in [0.05, 0.1) is 0 Å². The van der Waals surface area contributed by atoms with Crippen LogP contribution < -0.4 is 10.5 Å². The average Bonchev–Trinajstić information content (AvgIpc) is 2.39. The third kappa shape index (κ3) is 4.12. The number of benzene rings is 1. The van der Waals surface area contributed by atoms with Crippen molar-refractivity contribution in [3.05, 3.63) is 28.8 Å². The normalized spacial score (nSPS) is 21.8. The van der Waals surface area contributed by atoms with Gasteiger partial charge in [-0.1, -0.05) is 44.2 Å². The summed E-state index contributed by atoms with van der Waals surface area (Å²) >= 11 is 6.00. The summed E-state index contributed by atoms with van der Waals surface area (Å²) in [4.78, 5) is 0. The fourth-order valence-corrected chi connectivity index (χ4v) is 2.89. The molecule has 0 spiro atoms. The first-order valence-corrected chi connectivity index (χ1v) is 7.80. The van der Waals surface area contributed by atoms with Gasteiger partial charge >= 0.3 is 0 Å². The minimum Gasteiger partial charge on any atom is -0.490 e. The van der Waals surface area contributed by atoms with E-state index in [0.717, 1.165) is 29.2 Å². The molecule has 0 aromatic heterocycles. The van der Waals surface area contributed by atoms with E-state index in [2.05, 4.69) is 6.92 Å². The lowest BCUT2D eigenvalue weighted by Gasteiger charge is -2.30. The van der Waals surface area contributed by atoms with Gasteiger partial charge in [-0.15, -0.1) is 0 Å².